The molecule has 1 aliphatic heterocycles. The van der Waals surface area contributed by atoms with Crippen molar-refractivity contribution in [3.8, 4) is 0 Å². The van der Waals surface area contributed by atoms with Gasteiger partial charge in [-0.1, -0.05) is 60.1 Å². The Labute approximate surface area is 215 Å². The Hall–Kier alpha value is -3.49. The average Bonchev–Trinajstić information content (AvgIpc) is 3.25. The second-order valence-electron chi connectivity index (χ2n) is 10.7. The number of carbonyl (C=O) groups is 3. The van der Waals surface area contributed by atoms with Gasteiger partial charge in [0.25, 0.3) is 5.91 Å². The van der Waals surface area contributed by atoms with Gasteiger partial charge in [0.15, 0.2) is 0 Å². The maximum atomic E-state index is 15.3. The van der Waals surface area contributed by atoms with Crippen molar-refractivity contribution in [3.63, 3.8) is 0 Å². The summed E-state index contributed by atoms with van der Waals surface area (Å²) in [6.45, 7) is 5.26. The van der Waals surface area contributed by atoms with Gasteiger partial charge in [0.05, 0.1) is 0 Å². The molecule has 1 aliphatic carbocycles. The molecule has 1 fully saturated rings. The van der Waals surface area contributed by atoms with Crippen LogP contribution in [0.3, 0.4) is 0 Å². The molecule has 0 saturated heterocycles. The topological polar surface area (TPSA) is 79.0 Å². The summed E-state index contributed by atoms with van der Waals surface area (Å²) in [4.78, 5) is 41.5. The van der Waals surface area contributed by atoms with Gasteiger partial charge in [-0.2, -0.15) is 0 Å². The van der Waals surface area contributed by atoms with Crippen LogP contribution in [0, 0.1) is 11.7 Å². The molecule has 2 atom stereocenters. The number of rotatable bonds is 5. The molecule has 2 aromatic rings. The summed E-state index contributed by atoms with van der Waals surface area (Å²) in [5.74, 6) is -2.62. The van der Waals surface area contributed by atoms with E-state index in [0.717, 1.165) is 44.2 Å². The van der Waals surface area contributed by atoms with Gasteiger partial charge in [0.1, 0.15) is 29.2 Å². The number of halogens is 2. The monoisotopic (exact) mass is 513 g/mol. The molecule has 3 amide bonds. The van der Waals surface area contributed by atoms with E-state index in [-0.39, 0.29) is 17.6 Å². The van der Waals surface area contributed by atoms with E-state index in [2.05, 4.69) is 5.32 Å². The molecular weight excluding hydrogens is 480 g/mol. The highest BCUT2D eigenvalue weighted by Crippen LogP contribution is 2.38. The van der Waals surface area contributed by atoms with Gasteiger partial charge in [-0.15, -0.1) is 5.12 Å². The van der Waals surface area contributed by atoms with Crippen LogP contribution in [0.2, 0.25) is 0 Å². The van der Waals surface area contributed by atoms with Crippen molar-refractivity contribution in [2.45, 2.75) is 77.1 Å². The minimum atomic E-state index is -1.31. The fourth-order valence-electron chi connectivity index (χ4n) is 5.16. The molecule has 9 heteroatoms. The summed E-state index contributed by atoms with van der Waals surface area (Å²) < 4.78 is 35.1. The Kier molecular flexibility index (Phi) is 7.80. The van der Waals surface area contributed by atoms with Gasteiger partial charge in [-0.05, 0) is 62.8 Å². The number of anilines is 1. The first kappa shape index (κ1) is 26.6. The van der Waals surface area contributed by atoms with Crippen LogP contribution in [0.4, 0.5) is 19.4 Å². The highest BCUT2D eigenvalue weighted by Gasteiger charge is 2.45. The molecule has 0 radical (unpaired) electrons. The molecule has 37 heavy (non-hydrogen) atoms. The number of benzene rings is 2. The molecule has 2 aromatic carbocycles. The number of hydrogen-bond donors (Lipinski definition) is 1. The number of ether oxygens (including phenoxy) is 1. The van der Waals surface area contributed by atoms with Crippen molar-refractivity contribution in [1.29, 1.82) is 0 Å². The fraction of sp³-hybridized carbons (Fsp3) is 0.464. The van der Waals surface area contributed by atoms with Crippen LogP contribution in [0.1, 0.15) is 70.0 Å². The number of nitrogens with one attached hydrogen (secondary N) is 1. The third kappa shape index (κ3) is 5.92. The molecule has 2 aliphatic rings. The van der Waals surface area contributed by atoms with Crippen molar-refractivity contribution >= 4 is 23.6 Å². The van der Waals surface area contributed by atoms with Crippen LogP contribution in [-0.2, 0) is 20.9 Å². The highest BCUT2D eigenvalue weighted by molar-refractivity contribution is 6.00. The lowest BCUT2D eigenvalue weighted by Crippen LogP contribution is -2.54. The number of fused-ring (bicyclic) bond motifs is 1. The summed E-state index contributed by atoms with van der Waals surface area (Å²) in [7, 11) is 0. The fourth-order valence-corrected chi connectivity index (χ4v) is 5.16. The molecule has 0 bridgehead atoms. The molecule has 0 unspecified atom stereocenters. The van der Waals surface area contributed by atoms with E-state index in [4.69, 9.17) is 4.74 Å². The first-order chi connectivity index (χ1) is 17.6. The molecule has 1 heterocycles. The lowest BCUT2D eigenvalue weighted by Gasteiger charge is -2.35. The third-order valence-corrected chi connectivity index (χ3v) is 6.84. The summed E-state index contributed by atoms with van der Waals surface area (Å²) in [5.41, 5.74) is -0.128. The molecule has 1 N–H and O–H groups in total. The largest absolute Gasteiger partial charge is 0.444 e. The van der Waals surface area contributed by atoms with Gasteiger partial charge in [-0.3, -0.25) is 9.59 Å². The Balaban J connectivity index is 1.67. The van der Waals surface area contributed by atoms with Crippen molar-refractivity contribution < 1.29 is 28.0 Å². The van der Waals surface area contributed by atoms with Gasteiger partial charge in [0, 0.05) is 6.54 Å². The maximum Gasteiger partial charge on any atom is 0.408 e. The molecule has 0 spiro atoms. The molecular formula is C28H33F2N3O4. The minimum Gasteiger partial charge on any atom is -0.444 e. The minimum absolute atomic E-state index is 0.0652. The standard InChI is InChI=1S/C28H33F2N3O4/c1-28(2,3)37-27(36)31-23(18-11-5-4-6-12-18)25(34)32-17-19-13-7-8-14-20(19)24(32)26(35)33(30)22-16-10-9-15-21(22)29/h7-10,13-16,18,23-24H,4-6,11-12,17H2,1-3H3,(H,31,36)/t23-,24-/m0/s1. The molecule has 0 aromatic heterocycles. The first-order valence-corrected chi connectivity index (χ1v) is 12.7. The quantitative estimate of drug-likeness (QED) is 0.528. The third-order valence-electron chi connectivity index (χ3n) is 6.84. The number of amides is 3. The molecule has 1 saturated carbocycles. The summed E-state index contributed by atoms with van der Waals surface area (Å²) in [6.07, 6.45) is 3.61. The number of alkyl carbamates (subject to hydrolysis) is 1. The van der Waals surface area contributed by atoms with Gasteiger partial charge < -0.3 is 15.0 Å². The molecule has 4 rings (SSSR count). The van der Waals surface area contributed by atoms with Crippen LogP contribution in [0.25, 0.3) is 0 Å². The smallest absolute Gasteiger partial charge is 0.408 e. The van der Waals surface area contributed by atoms with Crippen molar-refractivity contribution in [1.82, 2.24) is 10.2 Å². The van der Waals surface area contributed by atoms with E-state index in [1.807, 2.05) is 0 Å². The lowest BCUT2D eigenvalue weighted by atomic mass is 9.83. The highest BCUT2D eigenvalue weighted by atomic mass is 19.2. The number of para-hydroxylation sites is 1. The van der Waals surface area contributed by atoms with E-state index in [1.54, 1.807) is 45.0 Å². The van der Waals surface area contributed by atoms with Gasteiger partial charge >= 0.3 is 6.09 Å². The Morgan fingerprint density at radius 3 is 2.35 bits per heavy atom. The van der Waals surface area contributed by atoms with Crippen molar-refractivity contribution in [2.24, 2.45) is 5.92 Å². The van der Waals surface area contributed by atoms with Crippen LogP contribution in [-0.4, -0.2) is 34.5 Å². The van der Waals surface area contributed by atoms with Crippen LogP contribution >= 0.6 is 0 Å². The van der Waals surface area contributed by atoms with E-state index in [0.29, 0.717) is 11.1 Å². The van der Waals surface area contributed by atoms with E-state index < -0.39 is 47.1 Å². The SMILES string of the molecule is CC(C)(C)OC(=O)N[C@H](C(=O)N1Cc2ccccc2[C@H]1C(=O)N(F)c1ccccc1F)C1CCCCC1. The van der Waals surface area contributed by atoms with E-state index in [1.165, 1.54) is 17.0 Å². The normalized spacial score (nSPS) is 18.6. The maximum absolute atomic E-state index is 15.3. The Morgan fingerprint density at radius 2 is 1.68 bits per heavy atom. The van der Waals surface area contributed by atoms with Crippen LogP contribution in [0.15, 0.2) is 48.5 Å². The van der Waals surface area contributed by atoms with Crippen LogP contribution in [0.5, 0.6) is 0 Å². The van der Waals surface area contributed by atoms with Crippen molar-refractivity contribution in [3.05, 3.63) is 65.5 Å². The number of nitrogens with zero attached hydrogens (tertiary/aromatic N) is 2. The molecule has 198 valence electrons. The van der Waals surface area contributed by atoms with Crippen molar-refractivity contribution in [2.75, 3.05) is 5.12 Å². The lowest BCUT2D eigenvalue weighted by molar-refractivity contribution is -0.143. The summed E-state index contributed by atoms with van der Waals surface area (Å²) in [5, 5.41) is 2.51. The average molecular weight is 514 g/mol. The summed E-state index contributed by atoms with van der Waals surface area (Å²) >= 11 is 0. The zero-order chi connectivity index (χ0) is 26.7. The predicted octanol–water partition coefficient (Wildman–Crippen LogP) is 5.60. The first-order valence-electron chi connectivity index (χ1n) is 12.7. The second-order valence-corrected chi connectivity index (χ2v) is 10.7. The predicted molar refractivity (Wildman–Crippen MR) is 134 cm³/mol. The van der Waals surface area contributed by atoms with Gasteiger partial charge in [0.2, 0.25) is 5.91 Å². The molecule has 7 nitrogen and oxygen atoms in total. The number of carbonyl (C=O) groups excluding carboxylic acids is 3. The van der Waals surface area contributed by atoms with E-state index in [9.17, 15) is 18.8 Å². The Bertz CT molecular complexity index is 1160. The summed E-state index contributed by atoms with van der Waals surface area (Å²) in [6, 6.07) is 9.71. The zero-order valence-corrected chi connectivity index (χ0v) is 21.4. The Morgan fingerprint density at radius 1 is 1.03 bits per heavy atom. The van der Waals surface area contributed by atoms with E-state index >= 15 is 4.48 Å². The van der Waals surface area contributed by atoms with Crippen LogP contribution < -0.4 is 10.4 Å². The number of hydrogen-bond acceptors (Lipinski definition) is 4. The van der Waals surface area contributed by atoms with Gasteiger partial charge in [-0.25, -0.2) is 9.18 Å². The second kappa shape index (κ2) is 10.9. The zero-order valence-electron chi connectivity index (χ0n) is 21.4.